The predicted molar refractivity (Wildman–Crippen MR) is 127 cm³/mol. The van der Waals surface area contributed by atoms with Crippen molar-refractivity contribution in [3.05, 3.63) is 12.7 Å². The van der Waals surface area contributed by atoms with Crippen LogP contribution in [0.3, 0.4) is 0 Å². The molecule has 22 heteroatoms. The Morgan fingerprint density at radius 1 is 0.921 bits per heavy atom. The van der Waals surface area contributed by atoms with Crippen LogP contribution in [0.1, 0.15) is 31.9 Å². The van der Waals surface area contributed by atoms with E-state index in [4.69, 9.17) is 16.2 Å². The van der Waals surface area contributed by atoms with E-state index in [1.165, 1.54) is 10.9 Å². The summed E-state index contributed by atoms with van der Waals surface area (Å²) in [5, 5.41) is 20.7. The molecule has 0 saturated carbocycles. The number of hydrogen-bond donors (Lipinski definition) is 7. The summed E-state index contributed by atoms with van der Waals surface area (Å²) in [6.45, 7) is -0.754. The van der Waals surface area contributed by atoms with Gasteiger partial charge in [-0.15, -0.1) is 0 Å². The molecule has 0 bridgehead atoms. The number of phosphoric ester groups is 2. The van der Waals surface area contributed by atoms with Gasteiger partial charge in [0.1, 0.15) is 30.2 Å². The second-order valence-electron chi connectivity index (χ2n) is 8.03. The maximum Gasteiger partial charge on any atom is 0.490 e. The smallest absolute Gasteiger partial charge is 0.387 e. The third kappa shape index (κ3) is 8.30. The predicted octanol–water partition coefficient (Wildman–Crippen LogP) is -0.0856. The van der Waals surface area contributed by atoms with Crippen molar-refractivity contribution >= 4 is 40.4 Å². The van der Waals surface area contributed by atoms with Crippen molar-refractivity contribution in [3.8, 4) is 0 Å². The first-order chi connectivity index (χ1) is 17.8. The normalized spacial score (nSPS) is 26.7. The Kier molecular flexibility index (Phi) is 10.5. The fourth-order valence-electron chi connectivity index (χ4n) is 3.42. The Bertz CT molecular complexity index is 1230. The number of hydrogen-bond acceptors (Lipinski definition) is 15. The van der Waals surface area contributed by atoms with Gasteiger partial charge in [-0.1, -0.05) is 12.8 Å². The lowest BCUT2D eigenvalue weighted by Gasteiger charge is -2.20. The van der Waals surface area contributed by atoms with Crippen LogP contribution < -0.4 is 11.5 Å². The average Bonchev–Trinajstić information content (AvgIpc) is 3.35. The van der Waals surface area contributed by atoms with Gasteiger partial charge in [0.15, 0.2) is 17.7 Å². The molecule has 3 heterocycles. The SMILES string of the molecule is NCCCCCCOP(=O)(O)OP(=O)(O)OP(=O)(O)OC[C@H]1O[C@@H](n2cnc3c(N)ncnc32)[C@H](O)[C@@H]1O. The molecule has 1 aliphatic rings. The minimum atomic E-state index is -5.66. The third-order valence-electron chi connectivity index (χ3n) is 5.17. The highest BCUT2D eigenvalue weighted by Crippen LogP contribution is 2.67. The third-order valence-corrected chi connectivity index (χ3v) is 9.45. The summed E-state index contributed by atoms with van der Waals surface area (Å²) >= 11 is 0. The Morgan fingerprint density at radius 3 is 2.26 bits per heavy atom. The van der Waals surface area contributed by atoms with Crippen LogP contribution in [0.5, 0.6) is 0 Å². The molecule has 3 unspecified atom stereocenters. The molecule has 1 aliphatic heterocycles. The van der Waals surface area contributed by atoms with Crippen LogP contribution in [0, 0.1) is 0 Å². The molecular formula is C16H29N6O13P3. The van der Waals surface area contributed by atoms with Gasteiger partial charge < -0.3 is 41.1 Å². The molecular weight excluding hydrogens is 577 g/mol. The number of phosphoric acid groups is 3. The Labute approximate surface area is 215 Å². The van der Waals surface area contributed by atoms with Gasteiger partial charge in [-0.2, -0.15) is 8.62 Å². The monoisotopic (exact) mass is 606 g/mol. The van der Waals surface area contributed by atoms with Crippen LogP contribution in [0.2, 0.25) is 0 Å². The number of nitrogen functional groups attached to an aromatic ring is 1. The number of anilines is 1. The first kappa shape index (κ1) is 31.1. The van der Waals surface area contributed by atoms with Crippen molar-refractivity contribution in [1.29, 1.82) is 0 Å². The fraction of sp³-hybridized carbons (Fsp3) is 0.688. The molecule has 19 nitrogen and oxygen atoms in total. The highest BCUT2D eigenvalue weighted by Gasteiger charge is 2.47. The van der Waals surface area contributed by atoms with Crippen LogP contribution in [0.15, 0.2) is 12.7 Å². The van der Waals surface area contributed by atoms with Crippen molar-refractivity contribution in [2.75, 3.05) is 25.5 Å². The second kappa shape index (κ2) is 12.8. The van der Waals surface area contributed by atoms with E-state index in [0.717, 1.165) is 19.2 Å². The fourth-order valence-corrected chi connectivity index (χ4v) is 6.97. The molecule has 9 N–H and O–H groups in total. The van der Waals surface area contributed by atoms with Gasteiger partial charge in [0, 0.05) is 0 Å². The zero-order chi connectivity index (χ0) is 28.1. The summed E-state index contributed by atoms with van der Waals surface area (Å²) in [4.78, 5) is 40.8. The van der Waals surface area contributed by atoms with E-state index in [2.05, 4.69) is 32.6 Å². The van der Waals surface area contributed by atoms with Crippen molar-refractivity contribution in [2.45, 2.75) is 50.2 Å². The molecule has 7 atom stereocenters. The molecule has 1 saturated heterocycles. The summed E-state index contributed by atoms with van der Waals surface area (Å²) < 4.78 is 59.9. The molecule has 3 rings (SSSR count). The lowest BCUT2D eigenvalue weighted by atomic mass is 10.1. The number of aliphatic hydroxyl groups excluding tert-OH is 2. The largest absolute Gasteiger partial charge is 0.490 e. The van der Waals surface area contributed by atoms with Crippen LogP contribution in [0.4, 0.5) is 5.82 Å². The standard InChI is InChI=1S/C16H29N6O13P3/c17-5-3-1-2-4-6-31-36(25,26)34-38(29,30)35-37(27,28)32-7-10-12(23)13(24)16(33-10)22-9-21-11-14(18)19-8-20-15(11)22/h8-10,12-13,16,23-24H,1-7,17H2,(H,25,26)(H,27,28)(H,29,30)(H2,18,19,20)/t10-,12-,13-,16-/m1/s1. The summed E-state index contributed by atoms with van der Waals surface area (Å²) in [5.74, 6) is 0.0519. The summed E-state index contributed by atoms with van der Waals surface area (Å²) in [5.41, 5.74) is 11.4. The number of aliphatic hydroxyl groups is 2. The van der Waals surface area contributed by atoms with Crippen LogP contribution in [-0.4, -0.2) is 82.5 Å². The zero-order valence-corrected chi connectivity index (χ0v) is 22.4. The lowest BCUT2D eigenvalue weighted by molar-refractivity contribution is -0.0503. The first-order valence-corrected chi connectivity index (χ1v) is 15.6. The number of fused-ring (bicyclic) bond motifs is 1. The van der Waals surface area contributed by atoms with Gasteiger partial charge in [-0.05, 0) is 19.4 Å². The summed E-state index contributed by atoms with van der Waals surface area (Å²) in [6.07, 6.45) is -1.21. The van der Waals surface area contributed by atoms with Gasteiger partial charge in [0.25, 0.3) is 0 Å². The maximum absolute atomic E-state index is 12.2. The average molecular weight is 606 g/mol. The minimum absolute atomic E-state index is 0.0519. The van der Waals surface area contributed by atoms with Gasteiger partial charge in [-0.3, -0.25) is 13.6 Å². The quantitative estimate of drug-likeness (QED) is 0.103. The van der Waals surface area contributed by atoms with Crippen molar-refractivity contribution in [3.63, 3.8) is 0 Å². The van der Waals surface area contributed by atoms with Gasteiger partial charge in [-0.25, -0.2) is 28.6 Å². The lowest BCUT2D eigenvalue weighted by Crippen LogP contribution is -2.33. The van der Waals surface area contributed by atoms with E-state index in [0.29, 0.717) is 19.4 Å². The number of nitrogens with zero attached hydrogens (tertiary/aromatic N) is 4. The molecule has 0 spiro atoms. The molecule has 0 aromatic carbocycles. The first-order valence-electron chi connectivity index (χ1n) is 11.1. The molecule has 38 heavy (non-hydrogen) atoms. The maximum atomic E-state index is 12.2. The van der Waals surface area contributed by atoms with Crippen molar-refractivity contribution in [1.82, 2.24) is 19.5 Å². The van der Waals surface area contributed by atoms with E-state index in [9.17, 15) is 38.6 Å². The van der Waals surface area contributed by atoms with E-state index in [-0.39, 0.29) is 23.6 Å². The number of unbranched alkanes of at least 4 members (excludes halogenated alkanes) is 3. The number of nitrogens with two attached hydrogens (primary N) is 2. The summed E-state index contributed by atoms with van der Waals surface area (Å²) in [6, 6.07) is 0. The number of ether oxygens (including phenoxy) is 1. The second-order valence-corrected chi connectivity index (χ2v) is 12.7. The molecule has 0 aliphatic carbocycles. The minimum Gasteiger partial charge on any atom is -0.387 e. The zero-order valence-electron chi connectivity index (χ0n) is 19.7. The topological polar surface area (TPSA) is 294 Å². The molecule has 216 valence electrons. The Morgan fingerprint density at radius 2 is 1.58 bits per heavy atom. The highest BCUT2D eigenvalue weighted by molar-refractivity contribution is 7.66. The van der Waals surface area contributed by atoms with Gasteiger partial charge in [0.2, 0.25) is 0 Å². The van der Waals surface area contributed by atoms with Crippen molar-refractivity contribution in [2.24, 2.45) is 5.73 Å². The van der Waals surface area contributed by atoms with Crippen LogP contribution in [-0.2, 0) is 36.1 Å². The van der Waals surface area contributed by atoms with Crippen molar-refractivity contribution < 1.29 is 61.0 Å². The summed E-state index contributed by atoms with van der Waals surface area (Å²) in [7, 11) is -16.2. The van der Waals surface area contributed by atoms with E-state index >= 15 is 0 Å². The van der Waals surface area contributed by atoms with Gasteiger partial charge >= 0.3 is 23.5 Å². The molecule has 2 aromatic heterocycles. The number of rotatable bonds is 15. The van der Waals surface area contributed by atoms with E-state index < -0.39 is 54.6 Å². The molecule has 0 radical (unpaired) electrons. The molecule has 0 amide bonds. The molecule has 2 aromatic rings. The number of aromatic nitrogens is 4. The van der Waals surface area contributed by atoms with E-state index in [1.807, 2.05) is 0 Å². The van der Waals surface area contributed by atoms with Gasteiger partial charge in [0.05, 0.1) is 19.5 Å². The Hall–Kier alpha value is -1.40. The number of imidazole rings is 1. The van der Waals surface area contributed by atoms with Crippen LogP contribution >= 0.6 is 23.5 Å². The highest BCUT2D eigenvalue weighted by atomic mass is 31.3. The molecule has 1 fully saturated rings. The Balaban J connectivity index is 1.54. The van der Waals surface area contributed by atoms with E-state index in [1.54, 1.807) is 0 Å². The van der Waals surface area contributed by atoms with Crippen LogP contribution in [0.25, 0.3) is 11.2 Å².